The topological polar surface area (TPSA) is 79.5 Å². The summed E-state index contributed by atoms with van der Waals surface area (Å²) in [7, 11) is 1.72. The molecule has 1 aromatic carbocycles. The summed E-state index contributed by atoms with van der Waals surface area (Å²) in [5.74, 6) is -2.13. The molecule has 0 saturated heterocycles. The quantitative estimate of drug-likeness (QED) is 0.803. The zero-order chi connectivity index (χ0) is 11.9. The van der Waals surface area contributed by atoms with Crippen molar-refractivity contribution in [3.05, 3.63) is 35.5 Å². The Morgan fingerprint density at radius 3 is 2.44 bits per heavy atom. The Morgan fingerprint density at radius 1 is 1.19 bits per heavy atom. The molecule has 16 heavy (non-hydrogen) atoms. The number of nitrogens with zero attached hydrogens (tertiary/aromatic N) is 1. The van der Waals surface area contributed by atoms with Gasteiger partial charge in [-0.15, -0.1) is 0 Å². The Bertz CT molecular complexity index is 597. The van der Waals surface area contributed by atoms with Crippen LogP contribution < -0.4 is 0 Å². The summed E-state index contributed by atoms with van der Waals surface area (Å²) in [4.78, 5) is 21.7. The van der Waals surface area contributed by atoms with Crippen molar-refractivity contribution < 1.29 is 19.8 Å². The zero-order valence-electron chi connectivity index (χ0n) is 8.47. The first-order chi connectivity index (χ1) is 7.50. The van der Waals surface area contributed by atoms with Gasteiger partial charge >= 0.3 is 11.9 Å². The number of hydrogen-bond acceptors (Lipinski definition) is 2. The monoisotopic (exact) mass is 219 g/mol. The molecule has 0 unspecified atom stereocenters. The first-order valence-electron chi connectivity index (χ1n) is 4.56. The second kappa shape index (κ2) is 3.37. The first kappa shape index (κ1) is 10.2. The average Bonchev–Trinajstić information content (AvgIpc) is 2.56. The highest BCUT2D eigenvalue weighted by Gasteiger charge is 2.14. The van der Waals surface area contributed by atoms with Crippen molar-refractivity contribution >= 4 is 22.8 Å². The molecule has 0 aliphatic heterocycles. The minimum atomic E-state index is -1.07. The van der Waals surface area contributed by atoms with Gasteiger partial charge in [-0.1, -0.05) is 0 Å². The molecule has 5 nitrogen and oxygen atoms in total. The van der Waals surface area contributed by atoms with Crippen LogP contribution in [0.4, 0.5) is 0 Å². The van der Waals surface area contributed by atoms with Gasteiger partial charge in [0.25, 0.3) is 0 Å². The van der Waals surface area contributed by atoms with Crippen molar-refractivity contribution in [2.45, 2.75) is 0 Å². The van der Waals surface area contributed by atoms with E-state index in [1.54, 1.807) is 17.7 Å². The lowest BCUT2D eigenvalue weighted by atomic mass is 10.1. The number of aromatic carboxylic acids is 2. The van der Waals surface area contributed by atoms with E-state index in [0.717, 1.165) is 0 Å². The van der Waals surface area contributed by atoms with Gasteiger partial charge in [0.1, 0.15) is 0 Å². The SMILES string of the molecule is Cn1cc(C(=O)O)c2cc(C(=O)O)ccc21. The zero-order valence-corrected chi connectivity index (χ0v) is 8.47. The van der Waals surface area contributed by atoms with Gasteiger partial charge in [0, 0.05) is 24.1 Å². The molecule has 0 radical (unpaired) electrons. The van der Waals surface area contributed by atoms with E-state index in [9.17, 15) is 9.59 Å². The highest BCUT2D eigenvalue weighted by Crippen LogP contribution is 2.22. The smallest absolute Gasteiger partial charge is 0.337 e. The highest BCUT2D eigenvalue weighted by molar-refractivity contribution is 6.05. The number of carbonyl (C=O) groups is 2. The minimum Gasteiger partial charge on any atom is -0.478 e. The minimum absolute atomic E-state index is 0.0844. The summed E-state index contributed by atoms with van der Waals surface area (Å²) >= 11 is 0. The Hall–Kier alpha value is -2.30. The standard InChI is InChI=1S/C11H9NO4/c1-12-5-8(11(15)16)7-4-6(10(13)14)2-3-9(7)12/h2-5H,1H3,(H,13,14)(H,15,16). The molecule has 82 valence electrons. The number of carboxylic acid groups (broad SMARTS) is 2. The molecule has 0 amide bonds. The van der Waals surface area contributed by atoms with Crippen LogP contribution in [0, 0.1) is 0 Å². The summed E-state index contributed by atoms with van der Waals surface area (Å²) in [6.45, 7) is 0. The van der Waals surface area contributed by atoms with Crippen LogP contribution in [0.1, 0.15) is 20.7 Å². The maximum atomic E-state index is 10.9. The maximum Gasteiger partial charge on any atom is 0.337 e. The maximum absolute atomic E-state index is 10.9. The lowest BCUT2D eigenvalue weighted by Crippen LogP contribution is -1.97. The summed E-state index contributed by atoms with van der Waals surface area (Å²) in [5.41, 5.74) is 0.893. The van der Waals surface area contributed by atoms with Crippen molar-refractivity contribution in [3.63, 3.8) is 0 Å². The third-order valence-corrected chi connectivity index (χ3v) is 2.47. The highest BCUT2D eigenvalue weighted by atomic mass is 16.4. The fourth-order valence-electron chi connectivity index (χ4n) is 1.70. The number of hydrogen-bond donors (Lipinski definition) is 2. The molecule has 5 heteroatoms. The fourth-order valence-corrected chi connectivity index (χ4v) is 1.70. The number of aryl methyl sites for hydroxylation is 1. The van der Waals surface area contributed by atoms with Crippen LogP contribution in [0.15, 0.2) is 24.4 Å². The number of carboxylic acids is 2. The van der Waals surface area contributed by atoms with E-state index in [1.165, 1.54) is 18.3 Å². The molecule has 0 aliphatic rings. The molecule has 0 atom stereocenters. The van der Waals surface area contributed by atoms with Gasteiger partial charge < -0.3 is 14.8 Å². The van der Waals surface area contributed by atoms with Gasteiger partial charge in [0.15, 0.2) is 0 Å². The molecular weight excluding hydrogens is 210 g/mol. The largest absolute Gasteiger partial charge is 0.478 e. The van der Waals surface area contributed by atoms with Crippen LogP contribution in [0.2, 0.25) is 0 Å². The Kier molecular flexibility index (Phi) is 2.16. The molecular formula is C11H9NO4. The van der Waals surface area contributed by atoms with Crippen molar-refractivity contribution in [2.75, 3.05) is 0 Å². The van der Waals surface area contributed by atoms with Crippen LogP contribution in [0.3, 0.4) is 0 Å². The Labute approximate surface area is 90.5 Å². The number of fused-ring (bicyclic) bond motifs is 1. The molecule has 0 bridgehead atoms. The van der Waals surface area contributed by atoms with Crippen molar-refractivity contribution in [3.8, 4) is 0 Å². The number of aromatic nitrogens is 1. The normalized spacial score (nSPS) is 10.6. The first-order valence-corrected chi connectivity index (χ1v) is 4.56. The van der Waals surface area contributed by atoms with Crippen molar-refractivity contribution in [2.24, 2.45) is 7.05 Å². The predicted molar refractivity (Wildman–Crippen MR) is 56.8 cm³/mol. The van der Waals surface area contributed by atoms with E-state index >= 15 is 0 Å². The average molecular weight is 219 g/mol. The molecule has 0 fully saturated rings. The van der Waals surface area contributed by atoms with E-state index in [1.807, 2.05) is 0 Å². The van der Waals surface area contributed by atoms with Crippen molar-refractivity contribution in [1.82, 2.24) is 4.57 Å². The molecule has 1 aromatic heterocycles. The number of benzene rings is 1. The van der Waals surface area contributed by atoms with E-state index in [0.29, 0.717) is 10.9 Å². The van der Waals surface area contributed by atoms with Gasteiger partial charge in [-0.25, -0.2) is 9.59 Å². The van der Waals surface area contributed by atoms with E-state index in [2.05, 4.69) is 0 Å². The molecule has 2 rings (SSSR count). The van der Waals surface area contributed by atoms with E-state index in [4.69, 9.17) is 10.2 Å². The van der Waals surface area contributed by atoms with Crippen LogP contribution >= 0.6 is 0 Å². The van der Waals surface area contributed by atoms with Crippen LogP contribution in [-0.2, 0) is 7.05 Å². The van der Waals surface area contributed by atoms with Gasteiger partial charge in [0.05, 0.1) is 11.1 Å². The summed E-state index contributed by atoms with van der Waals surface area (Å²) < 4.78 is 1.66. The van der Waals surface area contributed by atoms with Gasteiger partial charge in [0.2, 0.25) is 0 Å². The Morgan fingerprint density at radius 2 is 1.88 bits per heavy atom. The van der Waals surface area contributed by atoms with Gasteiger partial charge in [-0.2, -0.15) is 0 Å². The fraction of sp³-hybridized carbons (Fsp3) is 0.0909. The Balaban J connectivity index is 2.79. The van der Waals surface area contributed by atoms with Crippen LogP contribution in [-0.4, -0.2) is 26.7 Å². The van der Waals surface area contributed by atoms with Gasteiger partial charge in [-0.3, -0.25) is 0 Å². The lowest BCUT2D eigenvalue weighted by Gasteiger charge is -1.97. The molecule has 1 heterocycles. The third-order valence-electron chi connectivity index (χ3n) is 2.47. The number of rotatable bonds is 2. The molecule has 2 N–H and O–H groups in total. The summed E-state index contributed by atoms with van der Waals surface area (Å²) in [6.07, 6.45) is 1.47. The molecule has 0 saturated carbocycles. The second-order valence-electron chi connectivity index (χ2n) is 3.50. The summed E-state index contributed by atoms with van der Waals surface area (Å²) in [6, 6.07) is 4.43. The van der Waals surface area contributed by atoms with Crippen LogP contribution in [0.5, 0.6) is 0 Å². The third kappa shape index (κ3) is 1.42. The summed E-state index contributed by atoms with van der Waals surface area (Å²) in [5, 5.41) is 18.2. The van der Waals surface area contributed by atoms with E-state index < -0.39 is 11.9 Å². The van der Waals surface area contributed by atoms with Gasteiger partial charge in [-0.05, 0) is 18.2 Å². The molecule has 0 aliphatic carbocycles. The van der Waals surface area contributed by atoms with Crippen molar-refractivity contribution in [1.29, 1.82) is 0 Å². The predicted octanol–water partition coefficient (Wildman–Crippen LogP) is 1.57. The second-order valence-corrected chi connectivity index (χ2v) is 3.50. The van der Waals surface area contributed by atoms with Crippen LogP contribution in [0.25, 0.3) is 10.9 Å². The molecule has 2 aromatic rings. The van der Waals surface area contributed by atoms with E-state index in [-0.39, 0.29) is 11.1 Å². The molecule has 0 spiro atoms. The lowest BCUT2D eigenvalue weighted by molar-refractivity contribution is 0.0685.